The Morgan fingerprint density at radius 1 is 1.56 bits per heavy atom. The van der Waals surface area contributed by atoms with Gasteiger partial charge >= 0.3 is 29.6 Å². The Bertz CT molecular complexity index is 386. The first kappa shape index (κ1) is 16.0. The Morgan fingerprint density at radius 3 is 2.83 bits per heavy atom. The largest absolute Gasteiger partial charge is 1.00 e. The molecule has 0 saturated carbocycles. The molecule has 18 heavy (non-hydrogen) atoms. The molecule has 2 rings (SSSR count). The summed E-state index contributed by atoms with van der Waals surface area (Å²) in [5.41, 5.74) is -0.0336. The standard InChI is InChI=1S/C10H13NO5S.Na/c1-15-2-3-16-5-6-9(10(13)14)11-7(12)4-8(11)17-6;/h8H,2-5H2,1H3,(H,13,14);/q;+1/p-1/t8-;/m0./s1. The number of carboxylic acids is 1. The Kier molecular flexibility index (Phi) is 6.16. The Morgan fingerprint density at radius 2 is 2.28 bits per heavy atom. The van der Waals surface area contributed by atoms with E-state index in [-0.39, 0.29) is 53.1 Å². The number of aliphatic carboxylic acids is 1. The van der Waals surface area contributed by atoms with Gasteiger partial charge in [-0.25, -0.2) is 0 Å². The minimum atomic E-state index is -1.32. The third-order valence-corrected chi connectivity index (χ3v) is 3.79. The molecule has 1 atom stereocenters. The average Bonchev–Trinajstić information content (AvgIpc) is 2.57. The van der Waals surface area contributed by atoms with E-state index in [4.69, 9.17) is 9.47 Å². The molecule has 0 unspecified atom stereocenters. The zero-order chi connectivity index (χ0) is 12.4. The molecule has 0 aromatic carbocycles. The molecule has 2 aliphatic rings. The average molecular weight is 281 g/mol. The monoisotopic (exact) mass is 281 g/mol. The molecule has 2 aliphatic heterocycles. The van der Waals surface area contributed by atoms with Crippen LogP contribution in [0.1, 0.15) is 6.42 Å². The Balaban J connectivity index is 0.00000162. The molecule has 0 aliphatic carbocycles. The SMILES string of the molecule is COCCOCC1=C(C(=O)[O-])N2C(=O)C[C@@H]2S1.[Na+]. The van der Waals surface area contributed by atoms with E-state index in [9.17, 15) is 14.7 Å². The van der Waals surface area contributed by atoms with Gasteiger partial charge in [0.15, 0.2) is 0 Å². The number of hydrogen-bond donors (Lipinski definition) is 0. The van der Waals surface area contributed by atoms with Gasteiger partial charge in [-0.1, -0.05) is 11.8 Å². The summed E-state index contributed by atoms with van der Waals surface area (Å²) in [6, 6.07) is 0. The fourth-order valence-electron chi connectivity index (χ4n) is 1.73. The van der Waals surface area contributed by atoms with Gasteiger partial charge in [-0.15, -0.1) is 0 Å². The number of ether oxygens (including phenoxy) is 2. The first-order valence-corrected chi connectivity index (χ1v) is 6.03. The third-order valence-electron chi connectivity index (χ3n) is 2.55. The first-order valence-electron chi connectivity index (χ1n) is 5.15. The van der Waals surface area contributed by atoms with E-state index < -0.39 is 5.97 Å². The van der Waals surface area contributed by atoms with Crippen molar-refractivity contribution >= 4 is 23.6 Å². The van der Waals surface area contributed by atoms with Crippen LogP contribution in [0, 0.1) is 0 Å². The van der Waals surface area contributed by atoms with Crippen molar-refractivity contribution in [2.24, 2.45) is 0 Å². The Labute approximate surface area is 131 Å². The van der Waals surface area contributed by atoms with Crippen LogP contribution in [0.25, 0.3) is 0 Å². The van der Waals surface area contributed by atoms with E-state index in [2.05, 4.69) is 0 Å². The predicted molar refractivity (Wildman–Crippen MR) is 57.6 cm³/mol. The van der Waals surface area contributed by atoms with Gasteiger partial charge in [-0.2, -0.15) is 0 Å². The van der Waals surface area contributed by atoms with Gasteiger partial charge < -0.3 is 19.4 Å². The minimum Gasteiger partial charge on any atom is -0.543 e. The van der Waals surface area contributed by atoms with Gasteiger partial charge in [0.25, 0.3) is 0 Å². The molecule has 0 N–H and O–H groups in total. The van der Waals surface area contributed by atoms with Crippen molar-refractivity contribution < 1.29 is 53.7 Å². The second-order valence-electron chi connectivity index (χ2n) is 3.64. The van der Waals surface area contributed by atoms with E-state index in [1.54, 1.807) is 7.11 Å². The summed E-state index contributed by atoms with van der Waals surface area (Å²) >= 11 is 1.36. The van der Waals surface area contributed by atoms with Crippen LogP contribution < -0.4 is 34.7 Å². The molecule has 1 saturated heterocycles. The molecule has 2 heterocycles. The summed E-state index contributed by atoms with van der Waals surface area (Å²) in [6.45, 7) is 1.02. The molecule has 8 heteroatoms. The maximum Gasteiger partial charge on any atom is 1.00 e. The molecular formula is C10H12NNaO5S. The number of thioether (sulfide) groups is 1. The summed E-state index contributed by atoms with van der Waals surface area (Å²) < 4.78 is 10.1. The second-order valence-corrected chi connectivity index (χ2v) is 4.92. The van der Waals surface area contributed by atoms with Crippen molar-refractivity contribution in [3.05, 3.63) is 10.6 Å². The number of nitrogens with zero attached hydrogens (tertiary/aromatic N) is 1. The van der Waals surface area contributed by atoms with Crippen molar-refractivity contribution in [3.63, 3.8) is 0 Å². The van der Waals surface area contributed by atoms with Gasteiger partial charge in [-0.3, -0.25) is 9.69 Å². The smallest absolute Gasteiger partial charge is 0.543 e. The minimum absolute atomic E-state index is 0. The molecule has 0 bridgehead atoms. The summed E-state index contributed by atoms with van der Waals surface area (Å²) in [6.07, 6.45) is 0.378. The number of hydrogen-bond acceptors (Lipinski definition) is 6. The van der Waals surface area contributed by atoms with Gasteiger partial charge in [0.05, 0.1) is 43.3 Å². The number of carboxylic acid groups (broad SMARTS) is 1. The number of rotatable bonds is 6. The van der Waals surface area contributed by atoms with E-state index in [0.717, 1.165) is 0 Å². The summed E-state index contributed by atoms with van der Waals surface area (Å²) in [5, 5.41) is 10.9. The predicted octanol–water partition coefficient (Wildman–Crippen LogP) is -4.08. The molecule has 94 valence electrons. The van der Waals surface area contributed by atoms with Crippen LogP contribution in [0.5, 0.6) is 0 Å². The van der Waals surface area contributed by atoms with Crippen LogP contribution in [0.4, 0.5) is 0 Å². The van der Waals surface area contributed by atoms with E-state index in [1.165, 1.54) is 16.7 Å². The number of amides is 1. The first-order chi connectivity index (χ1) is 8.15. The maximum atomic E-state index is 11.3. The van der Waals surface area contributed by atoms with Gasteiger partial charge in [0, 0.05) is 12.0 Å². The van der Waals surface area contributed by atoms with Gasteiger partial charge in [-0.05, 0) is 0 Å². The second kappa shape index (κ2) is 6.93. The van der Waals surface area contributed by atoms with Crippen molar-refractivity contribution in [2.75, 3.05) is 26.9 Å². The van der Waals surface area contributed by atoms with Crippen molar-refractivity contribution in [2.45, 2.75) is 11.8 Å². The third kappa shape index (κ3) is 3.09. The maximum absolute atomic E-state index is 11.3. The van der Waals surface area contributed by atoms with Crippen LogP contribution in [0.3, 0.4) is 0 Å². The summed E-state index contributed by atoms with van der Waals surface area (Å²) in [4.78, 5) is 24.1. The topological polar surface area (TPSA) is 78.9 Å². The molecule has 1 fully saturated rings. The number of carbonyl (C=O) groups is 2. The summed E-state index contributed by atoms with van der Waals surface area (Å²) in [5.74, 6) is -1.49. The number of fused-ring (bicyclic) bond motifs is 1. The molecule has 6 nitrogen and oxygen atoms in total. The van der Waals surface area contributed by atoms with Crippen LogP contribution in [0.15, 0.2) is 10.6 Å². The van der Waals surface area contributed by atoms with Crippen molar-refractivity contribution in [1.29, 1.82) is 0 Å². The van der Waals surface area contributed by atoms with Crippen LogP contribution in [-0.2, 0) is 19.1 Å². The molecular weight excluding hydrogens is 269 g/mol. The van der Waals surface area contributed by atoms with Gasteiger partial charge in [0.1, 0.15) is 0 Å². The zero-order valence-electron chi connectivity index (χ0n) is 10.3. The van der Waals surface area contributed by atoms with Gasteiger partial charge in [0.2, 0.25) is 5.91 Å². The quantitative estimate of drug-likeness (QED) is 0.280. The number of carbonyl (C=O) groups excluding carboxylic acids is 2. The normalized spacial score (nSPS) is 21.5. The molecule has 0 aromatic rings. The van der Waals surface area contributed by atoms with Crippen LogP contribution in [-0.4, -0.2) is 49.1 Å². The van der Waals surface area contributed by atoms with Crippen LogP contribution in [0.2, 0.25) is 0 Å². The van der Waals surface area contributed by atoms with Crippen molar-refractivity contribution in [1.82, 2.24) is 4.90 Å². The molecule has 1 amide bonds. The fourth-order valence-corrected chi connectivity index (χ4v) is 3.05. The Hall–Kier alpha value is -0.0500. The van der Waals surface area contributed by atoms with Crippen molar-refractivity contribution in [3.8, 4) is 0 Å². The fraction of sp³-hybridized carbons (Fsp3) is 0.600. The number of methoxy groups -OCH3 is 1. The van der Waals surface area contributed by atoms with Crippen LogP contribution >= 0.6 is 11.8 Å². The van der Waals surface area contributed by atoms with E-state index in [0.29, 0.717) is 24.5 Å². The molecule has 0 radical (unpaired) electrons. The van der Waals surface area contributed by atoms with E-state index >= 15 is 0 Å². The number of β-lactam (4-membered cyclic amide) rings is 1. The van der Waals surface area contributed by atoms with E-state index in [1.807, 2.05) is 0 Å². The molecule has 0 aromatic heterocycles. The molecule has 0 spiro atoms. The zero-order valence-corrected chi connectivity index (χ0v) is 13.1. The summed E-state index contributed by atoms with van der Waals surface area (Å²) in [7, 11) is 1.56.